The van der Waals surface area contributed by atoms with Crippen LogP contribution in [0.2, 0.25) is 0 Å². The Labute approximate surface area is 73.1 Å². The normalized spacial score (nSPS) is 10.1. The Balaban J connectivity index is -0.000000138. The van der Waals surface area contributed by atoms with Crippen LogP contribution in [0, 0.1) is 0 Å². The van der Waals surface area contributed by atoms with Crippen LogP contribution in [-0.2, 0) is 4.74 Å². The summed E-state index contributed by atoms with van der Waals surface area (Å²) in [6.07, 6.45) is 2.84. The first-order chi connectivity index (χ1) is 5.31. The molecule has 0 spiro atoms. The maximum atomic E-state index is 4.99. The van der Waals surface area contributed by atoms with Gasteiger partial charge in [-0.05, 0) is 13.3 Å². The molecule has 1 unspecified atom stereocenters. The molecule has 72 valence electrons. The van der Waals surface area contributed by atoms with E-state index in [9.17, 15) is 0 Å². The molecule has 0 aromatic rings. The molecule has 0 aromatic carbocycles. The summed E-state index contributed by atoms with van der Waals surface area (Å²) in [5.74, 6) is 0. The first-order valence-corrected chi connectivity index (χ1v) is 4.84. The lowest BCUT2D eigenvalue weighted by Crippen LogP contribution is -2.02. The van der Waals surface area contributed by atoms with Crippen molar-refractivity contribution in [2.45, 2.75) is 60.5 Å². The fraction of sp³-hybridized carbons (Fsp3) is 1.00. The van der Waals surface area contributed by atoms with Gasteiger partial charge >= 0.3 is 0 Å². The summed E-state index contributed by atoms with van der Waals surface area (Å²) in [4.78, 5) is 0. The molecule has 0 amide bonds. The molecule has 1 atom stereocenters. The van der Waals surface area contributed by atoms with E-state index in [1.54, 1.807) is 7.11 Å². The van der Waals surface area contributed by atoms with Gasteiger partial charge in [0.15, 0.2) is 0 Å². The van der Waals surface area contributed by atoms with Crippen molar-refractivity contribution < 1.29 is 4.74 Å². The Kier molecular flexibility index (Phi) is 35.1. The van der Waals surface area contributed by atoms with E-state index < -0.39 is 0 Å². The van der Waals surface area contributed by atoms with Gasteiger partial charge < -0.3 is 4.74 Å². The molecule has 0 aromatic heterocycles. The van der Waals surface area contributed by atoms with Crippen molar-refractivity contribution in [3.05, 3.63) is 0 Å². The lowest BCUT2D eigenvalue weighted by Gasteiger charge is -2.04. The Morgan fingerprint density at radius 2 is 1.45 bits per heavy atom. The van der Waals surface area contributed by atoms with Gasteiger partial charge in [-0.25, -0.2) is 0 Å². The summed E-state index contributed by atoms with van der Waals surface area (Å²) in [5.41, 5.74) is 0. The predicted octanol–water partition coefficient (Wildman–Crippen LogP) is 3.87. The fourth-order valence-corrected chi connectivity index (χ4v) is 0.524. The Hall–Kier alpha value is -0.0400. The third-order valence-corrected chi connectivity index (χ3v) is 1.10. The Bertz CT molecular complexity index is 35.9. The standard InChI is InChI=1S/C6H14O.2C2H6/c1-4-5-6(2)7-3;2*1-2/h6H,4-5H2,1-3H3;2*1-2H3. The fourth-order valence-electron chi connectivity index (χ4n) is 0.524. The Morgan fingerprint density at radius 3 is 1.55 bits per heavy atom. The third kappa shape index (κ3) is 25.7. The van der Waals surface area contributed by atoms with Crippen molar-refractivity contribution in [1.82, 2.24) is 0 Å². The van der Waals surface area contributed by atoms with Gasteiger partial charge in [-0.1, -0.05) is 41.0 Å². The highest BCUT2D eigenvalue weighted by atomic mass is 16.5. The summed E-state index contributed by atoms with van der Waals surface area (Å²) < 4.78 is 4.99. The van der Waals surface area contributed by atoms with Gasteiger partial charge in [-0.2, -0.15) is 0 Å². The second-order valence-corrected chi connectivity index (χ2v) is 1.83. The molecule has 1 nitrogen and oxygen atoms in total. The van der Waals surface area contributed by atoms with E-state index >= 15 is 0 Å². The molecule has 0 fully saturated rings. The van der Waals surface area contributed by atoms with E-state index in [1.807, 2.05) is 27.7 Å². The summed E-state index contributed by atoms with van der Waals surface area (Å²) in [7, 11) is 1.75. The minimum absolute atomic E-state index is 0.449. The first-order valence-electron chi connectivity index (χ1n) is 4.84. The topological polar surface area (TPSA) is 9.23 Å². The van der Waals surface area contributed by atoms with E-state index in [0.717, 1.165) is 0 Å². The molecule has 0 aliphatic rings. The van der Waals surface area contributed by atoms with E-state index in [1.165, 1.54) is 12.8 Å². The lowest BCUT2D eigenvalue weighted by atomic mass is 10.2. The molecule has 0 saturated carbocycles. The molecule has 0 radical (unpaired) electrons. The second kappa shape index (κ2) is 22.5. The highest BCUT2D eigenvalue weighted by molar-refractivity contribution is 4.43. The molecule has 0 saturated heterocycles. The zero-order valence-electron chi connectivity index (χ0n) is 9.40. The molecule has 1 heteroatoms. The van der Waals surface area contributed by atoms with Crippen molar-refractivity contribution in [2.24, 2.45) is 0 Å². The van der Waals surface area contributed by atoms with Crippen LogP contribution in [0.15, 0.2) is 0 Å². The molecule has 0 bridgehead atoms. The van der Waals surface area contributed by atoms with Gasteiger partial charge in [-0.15, -0.1) is 0 Å². The zero-order chi connectivity index (χ0) is 9.70. The van der Waals surface area contributed by atoms with E-state index in [2.05, 4.69) is 13.8 Å². The molecular formula is C10H26O. The van der Waals surface area contributed by atoms with Crippen LogP contribution in [0.4, 0.5) is 0 Å². The van der Waals surface area contributed by atoms with Crippen LogP contribution in [0.5, 0.6) is 0 Å². The summed E-state index contributed by atoms with van der Waals surface area (Å²) in [6, 6.07) is 0. The van der Waals surface area contributed by atoms with Crippen molar-refractivity contribution in [1.29, 1.82) is 0 Å². The predicted molar refractivity (Wildman–Crippen MR) is 54.1 cm³/mol. The van der Waals surface area contributed by atoms with Crippen molar-refractivity contribution in [2.75, 3.05) is 7.11 Å². The molecule has 0 heterocycles. The minimum atomic E-state index is 0.449. The second-order valence-electron chi connectivity index (χ2n) is 1.83. The number of rotatable bonds is 3. The van der Waals surface area contributed by atoms with Gasteiger partial charge in [0.2, 0.25) is 0 Å². The highest BCUT2D eigenvalue weighted by Gasteiger charge is 1.92. The molecule has 11 heavy (non-hydrogen) atoms. The van der Waals surface area contributed by atoms with E-state index in [4.69, 9.17) is 4.74 Å². The van der Waals surface area contributed by atoms with Gasteiger partial charge in [0.1, 0.15) is 0 Å². The van der Waals surface area contributed by atoms with Crippen molar-refractivity contribution in [3.63, 3.8) is 0 Å². The maximum absolute atomic E-state index is 4.99. The summed E-state index contributed by atoms with van der Waals surface area (Å²) in [5, 5.41) is 0. The van der Waals surface area contributed by atoms with Gasteiger partial charge in [0.05, 0.1) is 6.10 Å². The van der Waals surface area contributed by atoms with Crippen LogP contribution in [0.1, 0.15) is 54.4 Å². The average Bonchev–Trinajstić information content (AvgIpc) is 2.12. The largest absolute Gasteiger partial charge is 0.382 e. The van der Waals surface area contributed by atoms with Crippen molar-refractivity contribution >= 4 is 0 Å². The molecular weight excluding hydrogens is 136 g/mol. The number of methoxy groups -OCH3 is 1. The van der Waals surface area contributed by atoms with Gasteiger partial charge in [-0.3, -0.25) is 0 Å². The lowest BCUT2D eigenvalue weighted by molar-refractivity contribution is 0.110. The monoisotopic (exact) mass is 162 g/mol. The van der Waals surface area contributed by atoms with E-state index in [0.29, 0.717) is 6.10 Å². The molecule has 0 aliphatic heterocycles. The molecule has 0 aliphatic carbocycles. The minimum Gasteiger partial charge on any atom is -0.382 e. The first kappa shape index (κ1) is 17.2. The van der Waals surface area contributed by atoms with Crippen molar-refractivity contribution in [3.8, 4) is 0 Å². The quantitative estimate of drug-likeness (QED) is 0.612. The molecule has 0 rings (SSSR count). The summed E-state index contributed by atoms with van der Waals surface area (Å²) in [6.45, 7) is 12.2. The van der Waals surface area contributed by atoms with Crippen LogP contribution in [-0.4, -0.2) is 13.2 Å². The van der Waals surface area contributed by atoms with Crippen LogP contribution < -0.4 is 0 Å². The van der Waals surface area contributed by atoms with Crippen LogP contribution >= 0.6 is 0 Å². The summed E-state index contributed by atoms with van der Waals surface area (Å²) >= 11 is 0. The highest BCUT2D eigenvalue weighted by Crippen LogP contribution is 1.96. The van der Waals surface area contributed by atoms with Gasteiger partial charge in [0.25, 0.3) is 0 Å². The number of ether oxygens (including phenoxy) is 1. The number of hydrogen-bond donors (Lipinski definition) is 0. The number of hydrogen-bond acceptors (Lipinski definition) is 1. The Morgan fingerprint density at radius 1 is 1.09 bits per heavy atom. The van der Waals surface area contributed by atoms with Gasteiger partial charge in [0, 0.05) is 7.11 Å². The smallest absolute Gasteiger partial charge is 0.0543 e. The molecule has 0 N–H and O–H groups in total. The third-order valence-electron chi connectivity index (χ3n) is 1.10. The SMILES string of the molecule is CC.CC.CCCC(C)OC. The van der Waals surface area contributed by atoms with E-state index in [-0.39, 0.29) is 0 Å². The van der Waals surface area contributed by atoms with Crippen LogP contribution in [0.25, 0.3) is 0 Å². The average molecular weight is 162 g/mol. The zero-order valence-corrected chi connectivity index (χ0v) is 9.40. The maximum Gasteiger partial charge on any atom is 0.0543 e. The van der Waals surface area contributed by atoms with Crippen LogP contribution in [0.3, 0.4) is 0 Å².